The Morgan fingerprint density at radius 1 is 1.40 bits per heavy atom. The van der Waals surface area contributed by atoms with Gasteiger partial charge in [-0.3, -0.25) is 10.1 Å². The summed E-state index contributed by atoms with van der Waals surface area (Å²) in [5.41, 5.74) is 4.79. The Balaban J connectivity index is 1.98. The number of nitrogens with two attached hydrogens (primary N) is 1. The van der Waals surface area contributed by atoms with Gasteiger partial charge in [-0.2, -0.15) is 0 Å². The monoisotopic (exact) mass is 211 g/mol. The summed E-state index contributed by atoms with van der Waals surface area (Å²) in [7, 11) is 0. The van der Waals surface area contributed by atoms with Crippen molar-refractivity contribution in [3.05, 3.63) is 0 Å². The molecule has 3 N–H and O–H groups in total. The number of carbonyl (C=O) groups excluding carboxylic acids is 1. The summed E-state index contributed by atoms with van der Waals surface area (Å²) in [5, 5.41) is 3.41. The van der Waals surface area contributed by atoms with Gasteiger partial charge < -0.3 is 10.6 Å². The van der Waals surface area contributed by atoms with Gasteiger partial charge in [-0.15, -0.1) is 0 Å². The second kappa shape index (κ2) is 3.76. The highest BCUT2D eigenvalue weighted by Crippen LogP contribution is 2.28. The molecule has 3 heterocycles. The van der Waals surface area contributed by atoms with Gasteiger partial charge in [0.2, 0.25) is 5.91 Å². The number of nitrogens with zero attached hydrogens (tertiary/aromatic N) is 1. The summed E-state index contributed by atoms with van der Waals surface area (Å²) in [6.07, 6.45) is 2.51. The van der Waals surface area contributed by atoms with E-state index in [2.05, 4.69) is 10.2 Å². The molecule has 0 aromatic rings. The molecule has 0 radical (unpaired) electrons. The molecule has 3 rings (SSSR count). The molecule has 3 aliphatic rings. The molecular formula is C11H21N3O. The van der Waals surface area contributed by atoms with Crippen molar-refractivity contribution in [2.75, 3.05) is 19.6 Å². The van der Waals surface area contributed by atoms with Gasteiger partial charge in [0.25, 0.3) is 0 Å². The highest BCUT2D eigenvalue weighted by Gasteiger charge is 2.38. The van der Waals surface area contributed by atoms with Crippen LogP contribution >= 0.6 is 0 Å². The Bertz CT molecular complexity index is 257. The number of hydrogen-bond donors (Lipinski definition) is 2. The fourth-order valence-electron chi connectivity index (χ4n) is 2.66. The number of primary amides is 1. The maximum Gasteiger partial charge on any atom is 0.237 e. The van der Waals surface area contributed by atoms with Gasteiger partial charge in [0.15, 0.2) is 0 Å². The lowest BCUT2D eigenvalue weighted by atomic mass is 9.82. The first-order valence-corrected chi connectivity index (χ1v) is 5.79. The standard InChI is InChI=1S/C11H21N3O/c1-11(2,10(12)15)13-9-7-14-5-3-8(9)4-6-14/h8-9,13H,3-7H2,1-2H3,(H2,12,15). The number of hydrogen-bond acceptors (Lipinski definition) is 3. The minimum atomic E-state index is -0.580. The Hall–Kier alpha value is -0.610. The molecule has 3 aliphatic heterocycles. The smallest absolute Gasteiger partial charge is 0.237 e. The van der Waals surface area contributed by atoms with Crippen molar-refractivity contribution in [2.24, 2.45) is 11.7 Å². The fraction of sp³-hybridized carbons (Fsp3) is 0.909. The van der Waals surface area contributed by atoms with E-state index in [1.54, 1.807) is 0 Å². The van der Waals surface area contributed by atoms with Crippen molar-refractivity contribution in [3.8, 4) is 0 Å². The van der Waals surface area contributed by atoms with Crippen LogP contribution < -0.4 is 11.1 Å². The molecule has 0 saturated carbocycles. The third-order valence-corrected chi connectivity index (χ3v) is 3.82. The van der Waals surface area contributed by atoms with E-state index in [9.17, 15) is 4.79 Å². The molecule has 1 atom stereocenters. The first-order chi connectivity index (χ1) is 6.99. The first kappa shape index (κ1) is 10.9. The lowest BCUT2D eigenvalue weighted by Crippen LogP contribution is -2.63. The van der Waals surface area contributed by atoms with Crippen molar-refractivity contribution in [3.63, 3.8) is 0 Å². The molecule has 1 amide bonds. The molecular weight excluding hydrogens is 190 g/mol. The number of carbonyl (C=O) groups is 1. The predicted molar refractivity (Wildman–Crippen MR) is 59.4 cm³/mol. The van der Waals surface area contributed by atoms with E-state index in [4.69, 9.17) is 5.73 Å². The average Bonchev–Trinajstić information content (AvgIpc) is 2.18. The number of nitrogens with one attached hydrogen (secondary N) is 1. The predicted octanol–water partition coefficient (Wildman–Crippen LogP) is -0.0659. The minimum Gasteiger partial charge on any atom is -0.368 e. The van der Waals surface area contributed by atoms with Crippen LogP contribution in [-0.4, -0.2) is 42.0 Å². The molecule has 3 fully saturated rings. The summed E-state index contributed by atoms with van der Waals surface area (Å²) in [6.45, 7) is 7.25. The van der Waals surface area contributed by atoms with Crippen LogP contribution in [0, 0.1) is 5.92 Å². The summed E-state index contributed by atoms with van der Waals surface area (Å²) in [5.74, 6) is 0.465. The zero-order chi connectivity index (χ0) is 11.1. The van der Waals surface area contributed by atoms with Gasteiger partial charge in [0, 0.05) is 12.6 Å². The molecule has 3 saturated heterocycles. The summed E-state index contributed by atoms with van der Waals surface area (Å²) >= 11 is 0. The Morgan fingerprint density at radius 2 is 2.00 bits per heavy atom. The van der Waals surface area contributed by atoms with Gasteiger partial charge in [0.05, 0.1) is 5.54 Å². The molecule has 86 valence electrons. The molecule has 0 aliphatic carbocycles. The topological polar surface area (TPSA) is 58.4 Å². The van der Waals surface area contributed by atoms with E-state index in [1.807, 2.05) is 13.8 Å². The highest BCUT2D eigenvalue weighted by atomic mass is 16.1. The minimum absolute atomic E-state index is 0.265. The van der Waals surface area contributed by atoms with Crippen LogP contribution in [0.5, 0.6) is 0 Å². The second-order valence-electron chi connectivity index (χ2n) is 5.38. The maximum absolute atomic E-state index is 11.2. The third kappa shape index (κ3) is 2.16. The molecule has 0 aromatic carbocycles. The van der Waals surface area contributed by atoms with E-state index in [0.717, 1.165) is 12.5 Å². The molecule has 0 aromatic heterocycles. The summed E-state index contributed by atoms with van der Waals surface area (Å²) in [6, 6.07) is 0.440. The fourth-order valence-corrected chi connectivity index (χ4v) is 2.66. The Labute approximate surface area is 91.2 Å². The maximum atomic E-state index is 11.2. The molecule has 15 heavy (non-hydrogen) atoms. The van der Waals surface area contributed by atoms with E-state index >= 15 is 0 Å². The normalized spacial score (nSPS) is 35.5. The van der Waals surface area contributed by atoms with Crippen LogP contribution in [0.4, 0.5) is 0 Å². The third-order valence-electron chi connectivity index (χ3n) is 3.82. The Kier molecular flexibility index (Phi) is 2.73. The van der Waals surface area contributed by atoms with E-state index < -0.39 is 5.54 Å². The zero-order valence-corrected chi connectivity index (χ0v) is 9.62. The Morgan fingerprint density at radius 3 is 2.40 bits per heavy atom. The van der Waals surface area contributed by atoms with Crippen molar-refractivity contribution in [1.29, 1.82) is 0 Å². The van der Waals surface area contributed by atoms with E-state index in [1.165, 1.54) is 25.9 Å². The van der Waals surface area contributed by atoms with Crippen molar-refractivity contribution < 1.29 is 4.79 Å². The van der Waals surface area contributed by atoms with Crippen LogP contribution in [0.2, 0.25) is 0 Å². The molecule has 0 spiro atoms. The van der Waals surface area contributed by atoms with E-state index in [-0.39, 0.29) is 5.91 Å². The highest BCUT2D eigenvalue weighted by molar-refractivity contribution is 5.83. The van der Waals surface area contributed by atoms with Crippen LogP contribution in [0.15, 0.2) is 0 Å². The number of piperidine rings is 3. The van der Waals surface area contributed by atoms with Crippen LogP contribution in [0.1, 0.15) is 26.7 Å². The van der Waals surface area contributed by atoms with Crippen LogP contribution in [-0.2, 0) is 4.79 Å². The van der Waals surface area contributed by atoms with Gasteiger partial charge >= 0.3 is 0 Å². The number of fused-ring (bicyclic) bond motifs is 3. The number of rotatable bonds is 3. The molecule has 1 unspecified atom stereocenters. The lowest BCUT2D eigenvalue weighted by molar-refractivity contribution is -0.124. The first-order valence-electron chi connectivity index (χ1n) is 5.79. The van der Waals surface area contributed by atoms with Crippen molar-refractivity contribution in [1.82, 2.24) is 10.2 Å². The summed E-state index contributed by atoms with van der Waals surface area (Å²) in [4.78, 5) is 13.7. The second-order valence-corrected chi connectivity index (χ2v) is 5.38. The van der Waals surface area contributed by atoms with Gasteiger partial charge in [-0.25, -0.2) is 0 Å². The van der Waals surface area contributed by atoms with Crippen LogP contribution in [0.25, 0.3) is 0 Å². The van der Waals surface area contributed by atoms with Gasteiger partial charge in [0.1, 0.15) is 0 Å². The SMILES string of the molecule is CC(C)(NC1CN2CCC1CC2)C(N)=O. The largest absolute Gasteiger partial charge is 0.368 e. The molecule has 4 heteroatoms. The van der Waals surface area contributed by atoms with Gasteiger partial charge in [-0.05, 0) is 45.7 Å². The average molecular weight is 211 g/mol. The van der Waals surface area contributed by atoms with E-state index in [0.29, 0.717) is 6.04 Å². The zero-order valence-electron chi connectivity index (χ0n) is 9.62. The van der Waals surface area contributed by atoms with Crippen molar-refractivity contribution >= 4 is 5.91 Å². The summed E-state index contributed by atoms with van der Waals surface area (Å²) < 4.78 is 0. The van der Waals surface area contributed by atoms with Crippen LogP contribution in [0.3, 0.4) is 0 Å². The van der Waals surface area contributed by atoms with Crippen molar-refractivity contribution in [2.45, 2.75) is 38.3 Å². The molecule has 4 nitrogen and oxygen atoms in total. The number of amides is 1. The molecule has 2 bridgehead atoms. The quantitative estimate of drug-likeness (QED) is 0.687. The lowest BCUT2D eigenvalue weighted by Gasteiger charge is -2.47. The van der Waals surface area contributed by atoms with Gasteiger partial charge in [-0.1, -0.05) is 0 Å².